The molecule has 17 heavy (non-hydrogen) atoms. The van der Waals surface area contributed by atoms with Gasteiger partial charge in [0.25, 0.3) is 0 Å². The second-order valence-corrected chi connectivity index (χ2v) is 3.92. The Morgan fingerprint density at radius 1 is 1.18 bits per heavy atom. The van der Waals surface area contributed by atoms with Crippen LogP contribution in [-0.4, -0.2) is 41.4 Å². The van der Waals surface area contributed by atoms with Crippen LogP contribution in [0.5, 0.6) is 0 Å². The molecule has 4 N–H and O–H groups in total. The quantitative estimate of drug-likeness (QED) is 0.503. The van der Waals surface area contributed by atoms with E-state index in [0.29, 0.717) is 0 Å². The number of hydrogen-bond donors (Lipinski definition) is 4. The molecule has 0 bridgehead atoms. The molecule has 0 rings (SSSR count). The van der Waals surface area contributed by atoms with Crippen LogP contribution >= 0.6 is 0 Å². The second-order valence-electron chi connectivity index (χ2n) is 3.92. The van der Waals surface area contributed by atoms with Crippen molar-refractivity contribution >= 4 is 12.0 Å². The van der Waals surface area contributed by atoms with Gasteiger partial charge >= 0.3 is 12.0 Å². The first-order valence-corrected chi connectivity index (χ1v) is 5.92. The van der Waals surface area contributed by atoms with E-state index in [1.165, 1.54) is 0 Å². The van der Waals surface area contributed by atoms with Gasteiger partial charge in [0.1, 0.15) is 0 Å². The monoisotopic (exact) mass is 246 g/mol. The third-order valence-corrected chi connectivity index (χ3v) is 2.69. The Morgan fingerprint density at radius 2 is 1.76 bits per heavy atom. The number of carboxylic acids is 1. The van der Waals surface area contributed by atoms with Crippen molar-refractivity contribution in [3.8, 4) is 0 Å². The van der Waals surface area contributed by atoms with Gasteiger partial charge in [-0.1, -0.05) is 26.7 Å². The van der Waals surface area contributed by atoms with E-state index >= 15 is 0 Å². The van der Waals surface area contributed by atoms with Crippen molar-refractivity contribution in [2.45, 2.75) is 39.2 Å². The van der Waals surface area contributed by atoms with E-state index in [-0.39, 0.29) is 25.4 Å². The predicted molar refractivity (Wildman–Crippen MR) is 63.7 cm³/mol. The highest BCUT2D eigenvalue weighted by atomic mass is 16.4. The minimum atomic E-state index is -0.956. The van der Waals surface area contributed by atoms with Crippen LogP contribution in [0, 0.1) is 5.92 Å². The number of amides is 2. The smallest absolute Gasteiger partial charge is 0.314 e. The van der Waals surface area contributed by atoms with E-state index in [1.807, 2.05) is 13.8 Å². The van der Waals surface area contributed by atoms with Gasteiger partial charge in [0.15, 0.2) is 0 Å². The molecule has 0 aliphatic rings. The van der Waals surface area contributed by atoms with Crippen molar-refractivity contribution in [1.29, 1.82) is 0 Å². The number of aliphatic hydroxyl groups excluding tert-OH is 1. The molecule has 0 aromatic rings. The lowest BCUT2D eigenvalue weighted by atomic mass is 9.97. The predicted octanol–water partition coefficient (Wildman–Crippen LogP) is 0.557. The Morgan fingerprint density at radius 3 is 2.24 bits per heavy atom. The lowest BCUT2D eigenvalue weighted by Gasteiger charge is -2.20. The summed E-state index contributed by atoms with van der Waals surface area (Å²) in [6.45, 7) is 4.25. The van der Waals surface area contributed by atoms with E-state index in [1.54, 1.807) is 0 Å². The van der Waals surface area contributed by atoms with Crippen molar-refractivity contribution in [3.63, 3.8) is 0 Å². The van der Waals surface area contributed by atoms with Crippen molar-refractivity contribution in [3.05, 3.63) is 0 Å². The molecule has 0 radical (unpaired) electrons. The summed E-state index contributed by atoms with van der Waals surface area (Å²) in [6.07, 6.45) is 1.05. The van der Waals surface area contributed by atoms with E-state index < -0.39 is 18.1 Å². The molecule has 0 fully saturated rings. The lowest BCUT2D eigenvalue weighted by molar-refractivity contribution is -0.136. The number of carbonyl (C=O) groups excluding carboxylic acids is 1. The van der Waals surface area contributed by atoms with Crippen LogP contribution in [0.4, 0.5) is 4.79 Å². The van der Waals surface area contributed by atoms with Crippen LogP contribution in [-0.2, 0) is 4.79 Å². The highest BCUT2D eigenvalue weighted by Crippen LogP contribution is 2.11. The maximum absolute atomic E-state index is 11.2. The highest BCUT2D eigenvalue weighted by molar-refractivity contribution is 5.74. The molecule has 0 aromatic heterocycles. The zero-order valence-corrected chi connectivity index (χ0v) is 10.4. The summed E-state index contributed by atoms with van der Waals surface area (Å²) in [5, 5.41) is 23.0. The van der Waals surface area contributed by atoms with Gasteiger partial charge in [0, 0.05) is 13.1 Å². The molecular weight excluding hydrogens is 224 g/mol. The van der Waals surface area contributed by atoms with Crippen LogP contribution < -0.4 is 10.6 Å². The van der Waals surface area contributed by atoms with Gasteiger partial charge in [0.05, 0.1) is 12.5 Å². The van der Waals surface area contributed by atoms with E-state index in [0.717, 1.165) is 12.8 Å². The standard InChI is InChI=1S/C11H22N2O4/c1-3-8(4-2)9(14)7-13-11(17)12-6-5-10(15)16/h8-9,14H,3-7H2,1-2H3,(H,15,16)(H2,12,13,17). The number of aliphatic hydroxyl groups is 1. The Kier molecular flexibility index (Phi) is 8.13. The summed E-state index contributed by atoms with van der Waals surface area (Å²) < 4.78 is 0. The van der Waals surface area contributed by atoms with Crippen LogP contribution in [0.15, 0.2) is 0 Å². The van der Waals surface area contributed by atoms with Gasteiger partial charge in [0.2, 0.25) is 0 Å². The number of aliphatic carboxylic acids is 1. The third-order valence-electron chi connectivity index (χ3n) is 2.69. The summed E-state index contributed by atoms with van der Waals surface area (Å²) >= 11 is 0. The number of rotatable bonds is 8. The number of nitrogens with one attached hydrogen (secondary N) is 2. The largest absolute Gasteiger partial charge is 0.481 e. The molecule has 2 amide bonds. The fourth-order valence-corrected chi connectivity index (χ4v) is 1.54. The maximum Gasteiger partial charge on any atom is 0.314 e. The first-order valence-electron chi connectivity index (χ1n) is 5.92. The van der Waals surface area contributed by atoms with Crippen LogP contribution in [0.2, 0.25) is 0 Å². The van der Waals surface area contributed by atoms with Crippen molar-refractivity contribution < 1.29 is 19.8 Å². The Labute approximate surface area is 101 Å². The number of carbonyl (C=O) groups is 2. The van der Waals surface area contributed by atoms with Gasteiger partial charge in [-0.15, -0.1) is 0 Å². The van der Waals surface area contributed by atoms with Gasteiger partial charge < -0.3 is 20.8 Å². The molecule has 100 valence electrons. The van der Waals surface area contributed by atoms with E-state index in [2.05, 4.69) is 10.6 Å². The van der Waals surface area contributed by atoms with Gasteiger partial charge in [-0.05, 0) is 5.92 Å². The first kappa shape index (κ1) is 15.7. The van der Waals surface area contributed by atoms with Gasteiger partial charge in [-0.2, -0.15) is 0 Å². The molecule has 1 unspecified atom stereocenters. The van der Waals surface area contributed by atoms with Gasteiger partial charge in [-0.25, -0.2) is 4.79 Å². The third kappa shape index (κ3) is 7.57. The molecule has 6 heteroatoms. The first-order chi connectivity index (χ1) is 8.01. The topological polar surface area (TPSA) is 98.7 Å². The normalized spacial score (nSPS) is 12.2. The molecular formula is C11H22N2O4. The Balaban J connectivity index is 3.72. The summed E-state index contributed by atoms with van der Waals surface area (Å²) in [6, 6.07) is -0.448. The number of carboxylic acid groups (broad SMARTS) is 1. The molecule has 0 saturated heterocycles. The van der Waals surface area contributed by atoms with Crippen LogP contribution in [0.25, 0.3) is 0 Å². The van der Waals surface area contributed by atoms with Crippen LogP contribution in [0.1, 0.15) is 33.1 Å². The van der Waals surface area contributed by atoms with Crippen molar-refractivity contribution in [2.75, 3.05) is 13.1 Å². The minimum Gasteiger partial charge on any atom is -0.481 e. The van der Waals surface area contributed by atoms with Crippen molar-refractivity contribution in [2.24, 2.45) is 5.92 Å². The zero-order chi connectivity index (χ0) is 13.3. The summed E-state index contributed by atoms with van der Waals surface area (Å²) in [5.41, 5.74) is 0. The highest BCUT2D eigenvalue weighted by Gasteiger charge is 2.15. The molecule has 0 saturated carbocycles. The summed E-state index contributed by atoms with van der Waals surface area (Å²) in [7, 11) is 0. The molecule has 0 aliphatic carbocycles. The molecule has 6 nitrogen and oxygen atoms in total. The van der Waals surface area contributed by atoms with E-state index in [9.17, 15) is 14.7 Å². The Bertz CT molecular complexity index is 242. The fraction of sp³-hybridized carbons (Fsp3) is 0.818. The average molecular weight is 246 g/mol. The maximum atomic E-state index is 11.2. The molecule has 0 aromatic carbocycles. The van der Waals surface area contributed by atoms with Crippen LogP contribution in [0.3, 0.4) is 0 Å². The molecule has 0 heterocycles. The van der Waals surface area contributed by atoms with Crippen molar-refractivity contribution in [1.82, 2.24) is 10.6 Å². The SMILES string of the molecule is CCC(CC)C(O)CNC(=O)NCCC(=O)O. The average Bonchev–Trinajstić information content (AvgIpc) is 2.27. The molecule has 0 aliphatic heterocycles. The van der Waals surface area contributed by atoms with E-state index in [4.69, 9.17) is 5.11 Å². The summed E-state index contributed by atoms with van der Waals surface area (Å²) in [5.74, 6) is -0.781. The van der Waals surface area contributed by atoms with Gasteiger partial charge in [-0.3, -0.25) is 4.79 Å². The number of hydrogen-bond acceptors (Lipinski definition) is 3. The zero-order valence-electron chi connectivity index (χ0n) is 10.4. The molecule has 1 atom stereocenters. The lowest BCUT2D eigenvalue weighted by Crippen LogP contribution is -2.42. The Hall–Kier alpha value is -1.30. The number of urea groups is 1. The fourth-order valence-electron chi connectivity index (χ4n) is 1.54. The minimum absolute atomic E-state index is 0.0856. The second kappa shape index (κ2) is 8.81. The molecule has 0 spiro atoms. The summed E-state index contributed by atoms with van der Waals surface area (Å²) in [4.78, 5) is 21.4.